The molecule has 1 aliphatic rings. The van der Waals surface area contributed by atoms with Crippen molar-refractivity contribution in [1.82, 2.24) is 4.90 Å². The Bertz CT molecular complexity index is 1140. The lowest BCUT2D eigenvalue weighted by Gasteiger charge is -2.14. The summed E-state index contributed by atoms with van der Waals surface area (Å²) < 4.78 is 12.3. The molecule has 10 heteroatoms. The van der Waals surface area contributed by atoms with Gasteiger partial charge in [-0.15, -0.1) is 0 Å². The molecule has 2 amide bonds. The van der Waals surface area contributed by atoms with Crippen molar-refractivity contribution >= 4 is 79.4 Å². The Balaban J connectivity index is 1.74. The molecule has 0 aliphatic carbocycles. The van der Waals surface area contributed by atoms with Gasteiger partial charge in [0.15, 0.2) is 18.1 Å². The van der Waals surface area contributed by atoms with E-state index in [4.69, 9.17) is 33.3 Å². The van der Waals surface area contributed by atoms with Crippen molar-refractivity contribution in [3.8, 4) is 11.5 Å². The highest BCUT2D eigenvalue weighted by molar-refractivity contribution is 9.10. The third-order valence-corrected chi connectivity index (χ3v) is 7.14. The summed E-state index contributed by atoms with van der Waals surface area (Å²) in [6.45, 7) is 4.20. The van der Waals surface area contributed by atoms with Crippen molar-refractivity contribution in [2.75, 3.05) is 25.6 Å². The summed E-state index contributed by atoms with van der Waals surface area (Å²) in [5, 5.41) is 3.36. The van der Waals surface area contributed by atoms with Crippen LogP contribution in [0.5, 0.6) is 11.5 Å². The molecule has 1 aliphatic heterocycles. The van der Waals surface area contributed by atoms with Crippen LogP contribution in [0.3, 0.4) is 0 Å². The minimum atomic E-state index is -0.335. The zero-order chi connectivity index (χ0) is 24.1. The van der Waals surface area contributed by atoms with E-state index in [-0.39, 0.29) is 18.4 Å². The highest BCUT2D eigenvalue weighted by Gasteiger charge is 2.31. The number of thiocarbonyl (C=S) groups is 1. The number of rotatable bonds is 8. The van der Waals surface area contributed by atoms with Crippen molar-refractivity contribution in [2.45, 2.75) is 20.3 Å². The van der Waals surface area contributed by atoms with Gasteiger partial charge in [-0.2, -0.15) is 0 Å². The monoisotopic (exact) mass is 568 g/mol. The van der Waals surface area contributed by atoms with E-state index in [9.17, 15) is 9.59 Å². The average Bonchev–Trinajstić information content (AvgIpc) is 3.03. The van der Waals surface area contributed by atoms with E-state index in [0.717, 1.165) is 17.5 Å². The molecule has 2 aromatic rings. The molecule has 2 aromatic carbocycles. The summed E-state index contributed by atoms with van der Waals surface area (Å²) >= 11 is 16.2. The zero-order valence-corrected chi connectivity index (χ0v) is 22.2. The van der Waals surface area contributed by atoms with Gasteiger partial charge in [0.1, 0.15) is 4.32 Å². The van der Waals surface area contributed by atoms with Crippen molar-refractivity contribution in [3.05, 3.63) is 55.9 Å². The van der Waals surface area contributed by atoms with Crippen LogP contribution in [0.4, 0.5) is 5.69 Å². The number of ether oxygens (including phenoxy) is 2. The quantitative estimate of drug-likeness (QED) is 0.308. The van der Waals surface area contributed by atoms with Gasteiger partial charge in [0.25, 0.3) is 11.8 Å². The number of benzene rings is 2. The lowest BCUT2D eigenvalue weighted by atomic mass is 10.2. The van der Waals surface area contributed by atoms with Crippen LogP contribution in [-0.4, -0.2) is 41.3 Å². The summed E-state index contributed by atoms with van der Waals surface area (Å²) in [6, 6.07) is 8.83. The Hall–Kier alpha value is -2.07. The molecule has 0 bridgehead atoms. The van der Waals surface area contributed by atoms with Gasteiger partial charge >= 0.3 is 0 Å². The molecule has 174 valence electrons. The Morgan fingerprint density at radius 2 is 2.12 bits per heavy atom. The third-order valence-electron chi connectivity index (χ3n) is 4.76. The first-order chi connectivity index (χ1) is 15.7. The molecule has 0 radical (unpaired) electrons. The van der Waals surface area contributed by atoms with Crippen molar-refractivity contribution < 1.29 is 19.1 Å². The van der Waals surface area contributed by atoms with Gasteiger partial charge in [-0.3, -0.25) is 14.5 Å². The number of amides is 2. The number of methoxy groups -OCH3 is 1. The van der Waals surface area contributed by atoms with Gasteiger partial charge in [-0.05, 0) is 70.7 Å². The van der Waals surface area contributed by atoms with Crippen LogP contribution in [0.15, 0.2) is 39.7 Å². The zero-order valence-electron chi connectivity index (χ0n) is 18.2. The van der Waals surface area contributed by atoms with Crippen LogP contribution in [0.1, 0.15) is 24.5 Å². The fourth-order valence-electron chi connectivity index (χ4n) is 3.10. The fourth-order valence-corrected chi connectivity index (χ4v) is 5.16. The molecular weight excluding hydrogens is 548 g/mol. The number of hydrogen-bond donors (Lipinski definition) is 1. The maximum absolute atomic E-state index is 12.6. The van der Waals surface area contributed by atoms with Gasteiger partial charge in [0.05, 0.1) is 16.5 Å². The molecule has 33 heavy (non-hydrogen) atoms. The molecule has 1 fully saturated rings. The van der Waals surface area contributed by atoms with E-state index in [0.29, 0.717) is 42.5 Å². The molecule has 0 atom stereocenters. The molecule has 1 heterocycles. The van der Waals surface area contributed by atoms with E-state index < -0.39 is 0 Å². The molecule has 3 rings (SSSR count). The van der Waals surface area contributed by atoms with Gasteiger partial charge in [-0.1, -0.05) is 48.6 Å². The normalized spacial score (nSPS) is 14.7. The predicted molar refractivity (Wildman–Crippen MR) is 141 cm³/mol. The van der Waals surface area contributed by atoms with Crippen LogP contribution in [0, 0.1) is 6.92 Å². The highest BCUT2D eigenvalue weighted by atomic mass is 79.9. The maximum atomic E-state index is 12.6. The number of anilines is 1. The first-order valence-electron chi connectivity index (χ1n) is 10.1. The summed E-state index contributed by atoms with van der Waals surface area (Å²) in [5.74, 6) is 0.366. The van der Waals surface area contributed by atoms with E-state index >= 15 is 0 Å². The van der Waals surface area contributed by atoms with Gasteiger partial charge in [-0.25, -0.2) is 0 Å². The van der Waals surface area contributed by atoms with Gasteiger partial charge < -0.3 is 14.8 Å². The molecule has 0 saturated carbocycles. The van der Waals surface area contributed by atoms with E-state index in [2.05, 4.69) is 21.2 Å². The van der Waals surface area contributed by atoms with Crippen LogP contribution >= 0.6 is 51.5 Å². The Morgan fingerprint density at radius 1 is 1.36 bits per heavy atom. The molecular formula is C23H22BrClN2O4S2. The first-order valence-corrected chi connectivity index (χ1v) is 12.4. The minimum Gasteiger partial charge on any atom is -0.493 e. The number of hydrogen-bond acceptors (Lipinski definition) is 6. The molecule has 0 spiro atoms. The molecule has 0 unspecified atom stereocenters. The van der Waals surface area contributed by atoms with E-state index in [1.54, 1.807) is 41.3 Å². The smallest absolute Gasteiger partial charge is 0.266 e. The molecule has 1 saturated heterocycles. The number of nitrogens with zero attached hydrogens (tertiary/aromatic N) is 1. The average molecular weight is 570 g/mol. The second kappa shape index (κ2) is 11.4. The standard InChI is InChI=1S/C23H22BrClN2O4S2/c1-4-8-27-22(29)19(33-23(27)32)11-14-9-15(24)21(18(10-14)30-3)31-12-20(28)26-17-7-5-6-16(25)13(17)2/h5-7,9-11H,4,8,12H2,1-3H3,(H,26,28)/b19-11-. The minimum absolute atomic E-state index is 0.102. The molecule has 0 aromatic heterocycles. The van der Waals surface area contributed by atoms with Crippen molar-refractivity contribution in [3.63, 3.8) is 0 Å². The Kier molecular flexibility index (Phi) is 8.81. The van der Waals surface area contributed by atoms with Crippen LogP contribution < -0.4 is 14.8 Å². The predicted octanol–water partition coefficient (Wildman–Crippen LogP) is 6.05. The lowest BCUT2D eigenvalue weighted by molar-refractivity contribution is -0.122. The second-order valence-corrected chi connectivity index (χ2v) is 10.1. The summed E-state index contributed by atoms with van der Waals surface area (Å²) in [4.78, 5) is 27.2. The van der Waals surface area contributed by atoms with Crippen LogP contribution in [0.25, 0.3) is 6.08 Å². The highest BCUT2D eigenvalue weighted by Crippen LogP contribution is 2.39. The largest absolute Gasteiger partial charge is 0.493 e. The number of carbonyl (C=O) groups excluding carboxylic acids is 2. The van der Waals surface area contributed by atoms with Crippen molar-refractivity contribution in [1.29, 1.82) is 0 Å². The van der Waals surface area contributed by atoms with Crippen LogP contribution in [0.2, 0.25) is 5.02 Å². The topological polar surface area (TPSA) is 67.9 Å². The van der Waals surface area contributed by atoms with E-state index in [1.807, 2.05) is 13.8 Å². The first kappa shape index (κ1) is 25.6. The van der Waals surface area contributed by atoms with Gasteiger partial charge in [0.2, 0.25) is 0 Å². The fraction of sp³-hybridized carbons (Fsp3) is 0.261. The number of nitrogens with one attached hydrogen (secondary N) is 1. The summed E-state index contributed by atoms with van der Waals surface area (Å²) in [7, 11) is 1.51. The lowest BCUT2D eigenvalue weighted by Crippen LogP contribution is -2.28. The van der Waals surface area contributed by atoms with Gasteiger partial charge in [0, 0.05) is 17.3 Å². The summed E-state index contributed by atoms with van der Waals surface area (Å²) in [5.41, 5.74) is 2.14. The second-order valence-electron chi connectivity index (χ2n) is 7.12. The maximum Gasteiger partial charge on any atom is 0.266 e. The summed E-state index contributed by atoms with van der Waals surface area (Å²) in [6.07, 6.45) is 2.59. The van der Waals surface area contributed by atoms with E-state index in [1.165, 1.54) is 18.9 Å². The number of thioether (sulfide) groups is 1. The molecule has 6 nitrogen and oxygen atoms in total. The SMILES string of the molecule is CCCN1C(=O)/C(=C/c2cc(Br)c(OCC(=O)Nc3cccc(Cl)c3C)c(OC)c2)SC1=S. The number of halogens is 2. The Labute approximate surface area is 215 Å². The number of carbonyl (C=O) groups is 2. The Morgan fingerprint density at radius 3 is 2.82 bits per heavy atom. The van der Waals surface area contributed by atoms with Crippen LogP contribution in [-0.2, 0) is 9.59 Å². The third kappa shape index (κ3) is 6.09. The molecule has 1 N–H and O–H groups in total. The van der Waals surface area contributed by atoms with Crippen molar-refractivity contribution in [2.24, 2.45) is 0 Å².